The van der Waals surface area contributed by atoms with Crippen LogP contribution in [0.2, 0.25) is 0 Å². The van der Waals surface area contributed by atoms with Gasteiger partial charge in [-0.25, -0.2) is 12.7 Å². The maximum absolute atomic E-state index is 12.3. The van der Waals surface area contributed by atoms with Crippen LogP contribution in [0.15, 0.2) is 23.1 Å². The van der Waals surface area contributed by atoms with E-state index in [2.05, 4.69) is 0 Å². The minimum absolute atomic E-state index is 0.0199. The normalized spacial score (nSPS) is 15.5. The Bertz CT molecular complexity index is 608. The van der Waals surface area contributed by atoms with Crippen molar-refractivity contribution in [2.24, 2.45) is 0 Å². The van der Waals surface area contributed by atoms with Crippen LogP contribution in [0.4, 0.5) is 0 Å². The van der Waals surface area contributed by atoms with Crippen LogP contribution in [-0.4, -0.2) is 44.2 Å². The van der Waals surface area contributed by atoms with Gasteiger partial charge in [-0.1, -0.05) is 12.1 Å². The van der Waals surface area contributed by atoms with Crippen molar-refractivity contribution in [2.75, 3.05) is 20.6 Å². The minimum atomic E-state index is -3.43. The van der Waals surface area contributed by atoms with Crippen molar-refractivity contribution < 1.29 is 13.2 Å². The molecule has 1 aliphatic rings. The highest BCUT2D eigenvalue weighted by atomic mass is 32.2. The summed E-state index contributed by atoms with van der Waals surface area (Å²) in [6, 6.07) is 5.26. The van der Waals surface area contributed by atoms with E-state index in [1.807, 2.05) is 6.07 Å². The van der Waals surface area contributed by atoms with E-state index in [0.29, 0.717) is 24.4 Å². The first-order chi connectivity index (χ1) is 8.84. The lowest BCUT2D eigenvalue weighted by molar-refractivity contribution is -0.129. The molecule has 2 rings (SSSR count). The third kappa shape index (κ3) is 2.50. The zero-order valence-electron chi connectivity index (χ0n) is 11.4. The second-order valence-corrected chi connectivity index (χ2v) is 6.99. The molecule has 0 atom stereocenters. The molecule has 0 saturated heterocycles. The van der Waals surface area contributed by atoms with Crippen molar-refractivity contribution in [3.63, 3.8) is 0 Å². The van der Waals surface area contributed by atoms with E-state index in [4.69, 9.17) is 0 Å². The van der Waals surface area contributed by atoms with Gasteiger partial charge in [-0.2, -0.15) is 0 Å². The largest absolute Gasteiger partial charge is 0.338 e. The molecule has 1 heterocycles. The summed E-state index contributed by atoms with van der Waals surface area (Å²) in [5.74, 6) is 0.0199. The van der Waals surface area contributed by atoms with Gasteiger partial charge in [0.15, 0.2) is 0 Å². The van der Waals surface area contributed by atoms with Crippen LogP contribution < -0.4 is 0 Å². The zero-order valence-corrected chi connectivity index (χ0v) is 12.2. The first-order valence-electron chi connectivity index (χ1n) is 6.13. The molecule has 19 heavy (non-hydrogen) atoms. The Balaban J connectivity index is 2.48. The van der Waals surface area contributed by atoms with E-state index in [-0.39, 0.29) is 5.91 Å². The van der Waals surface area contributed by atoms with Gasteiger partial charge < -0.3 is 4.90 Å². The van der Waals surface area contributed by atoms with E-state index >= 15 is 0 Å². The summed E-state index contributed by atoms with van der Waals surface area (Å²) >= 11 is 0. The van der Waals surface area contributed by atoms with Crippen molar-refractivity contribution in [2.45, 2.75) is 24.8 Å². The van der Waals surface area contributed by atoms with Crippen LogP contribution in [0, 0.1) is 0 Å². The number of rotatable bonds is 2. The molecule has 1 amide bonds. The fourth-order valence-electron chi connectivity index (χ4n) is 2.28. The number of sulfonamides is 1. The molecule has 0 fully saturated rings. The number of nitrogens with zero attached hydrogens (tertiary/aromatic N) is 2. The third-order valence-corrected chi connectivity index (χ3v) is 5.33. The molecule has 0 N–H and O–H groups in total. The molecule has 0 saturated carbocycles. The molecule has 1 aromatic carbocycles. The molecule has 0 radical (unpaired) electrons. The Kier molecular flexibility index (Phi) is 3.64. The van der Waals surface area contributed by atoms with Crippen LogP contribution in [0.1, 0.15) is 18.1 Å². The SMILES string of the molecule is CC(=O)N1CCc2c(cccc2S(=O)(=O)N(C)C)C1. The zero-order chi connectivity index (χ0) is 14.2. The molecule has 0 aromatic heterocycles. The average Bonchev–Trinajstić information content (AvgIpc) is 2.36. The Morgan fingerprint density at radius 3 is 2.58 bits per heavy atom. The fraction of sp³-hybridized carbons (Fsp3) is 0.462. The fourth-order valence-corrected chi connectivity index (χ4v) is 3.47. The molecule has 0 aliphatic carbocycles. The Hall–Kier alpha value is -1.40. The summed E-state index contributed by atoms with van der Waals surface area (Å²) < 4.78 is 25.8. The number of hydrogen-bond donors (Lipinski definition) is 0. The van der Waals surface area contributed by atoms with Crippen molar-refractivity contribution in [1.82, 2.24) is 9.21 Å². The van der Waals surface area contributed by atoms with Crippen LogP contribution in [0.3, 0.4) is 0 Å². The lowest BCUT2D eigenvalue weighted by atomic mass is 10.00. The number of carbonyl (C=O) groups excluding carboxylic acids is 1. The summed E-state index contributed by atoms with van der Waals surface area (Å²) in [6.07, 6.45) is 0.582. The smallest absolute Gasteiger partial charge is 0.242 e. The molecule has 6 heteroatoms. The lowest BCUT2D eigenvalue weighted by Crippen LogP contribution is -2.35. The highest BCUT2D eigenvalue weighted by Crippen LogP contribution is 2.27. The van der Waals surface area contributed by atoms with Crippen LogP contribution in [0.25, 0.3) is 0 Å². The number of amides is 1. The Labute approximate surface area is 113 Å². The molecule has 5 nitrogen and oxygen atoms in total. The second kappa shape index (κ2) is 4.94. The van der Waals surface area contributed by atoms with Gasteiger partial charge in [0, 0.05) is 34.1 Å². The van der Waals surface area contributed by atoms with E-state index in [1.54, 1.807) is 17.0 Å². The van der Waals surface area contributed by atoms with Gasteiger partial charge in [-0.3, -0.25) is 4.79 Å². The maximum atomic E-state index is 12.3. The first kappa shape index (κ1) is 14.0. The van der Waals surface area contributed by atoms with E-state index in [9.17, 15) is 13.2 Å². The molecule has 0 unspecified atom stereocenters. The van der Waals surface area contributed by atoms with Gasteiger partial charge in [0.2, 0.25) is 15.9 Å². The van der Waals surface area contributed by atoms with Gasteiger partial charge >= 0.3 is 0 Å². The molecule has 1 aromatic rings. The number of fused-ring (bicyclic) bond motifs is 1. The van der Waals surface area contributed by atoms with Gasteiger partial charge in [0.25, 0.3) is 0 Å². The molecule has 104 valence electrons. The van der Waals surface area contributed by atoms with Crippen LogP contribution >= 0.6 is 0 Å². The Morgan fingerprint density at radius 2 is 2.00 bits per heavy atom. The monoisotopic (exact) mass is 282 g/mol. The van der Waals surface area contributed by atoms with Crippen molar-refractivity contribution in [3.8, 4) is 0 Å². The standard InChI is InChI=1S/C13H18N2O3S/c1-10(16)15-8-7-12-11(9-15)5-4-6-13(12)19(17,18)14(2)3/h4-6H,7-9H2,1-3H3. The summed E-state index contributed by atoms with van der Waals surface area (Å²) in [5.41, 5.74) is 1.76. The van der Waals surface area contributed by atoms with Gasteiger partial charge in [0.05, 0.1) is 4.90 Å². The second-order valence-electron chi connectivity index (χ2n) is 4.87. The van der Waals surface area contributed by atoms with Crippen molar-refractivity contribution in [3.05, 3.63) is 29.3 Å². The summed E-state index contributed by atoms with van der Waals surface area (Å²) in [6.45, 7) is 2.59. The summed E-state index contributed by atoms with van der Waals surface area (Å²) in [5, 5.41) is 0. The minimum Gasteiger partial charge on any atom is -0.338 e. The molecular weight excluding hydrogens is 264 g/mol. The summed E-state index contributed by atoms with van der Waals surface area (Å²) in [7, 11) is -0.372. The lowest BCUT2D eigenvalue weighted by Gasteiger charge is -2.29. The highest BCUT2D eigenvalue weighted by Gasteiger charge is 2.26. The number of hydrogen-bond acceptors (Lipinski definition) is 3. The topological polar surface area (TPSA) is 57.7 Å². The van der Waals surface area contributed by atoms with Crippen molar-refractivity contribution >= 4 is 15.9 Å². The Morgan fingerprint density at radius 1 is 1.32 bits per heavy atom. The van der Waals surface area contributed by atoms with Gasteiger partial charge in [0.1, 0.15) is 0 Å². The quantitative estimate of drug-likeness (QED) is 0.807. The molecule has 0 bridgehead atoms. The summed E-state index contributed by atoms with van der Waals surface area (Å²) in [4.78, 5) is 13.5. The van der Waals surface area contributed by atoms with Crippen LogP contribution in [-0.2, 0) is 27.8 Å². The van der Waals surface area contributed by atoms with Gasteiger partial charge in [-0.05, 0) is 23.6 Å². The average molecular weight is 282 g/mol. The first-order valence-corrected chi connectivity index (χ1v) is 7.57. The molecular formula is C13H18N2O3S. The maximum Gasteiger partial charge on any atom is 0.242 e. The number of benzene rings is 1. The van der Waals surface area contributed by atoms with E-state index in [0.717, 1.165) is 11.1 Å². The van der Waals surface area contributed by atoms with Crippen molar-refractivity contribution in [1.29, 1.82) is 0 Å². The predicted octanol–water partition coefficient (Wildman–Crippen LogP) is 0.842. The van der Waals surface area contributed by atoms with Crippen LogP contribution in [0.5, 0.6) is 0 Å². The van der Waals surface area contributed by atoms with Gasteiger partial charge in [-0.15, -0.1) is 0 Å². The molecule has 1 aliphatic heterocycles. The van der Waals surface area contributed by atoms with E-state index < -0.39 is 10.0 Å². The highest BCUT2D eigenvalue weighted by molar-refractivity contribution is 7.89. The number of carbonyl (C=O) groups is 1. The van der Waals surface area contributed by atoms with E-state index in [1.165, 1.54) is 25.3 Å². The third-order valence-electron chi connectivity index (χ3n) is 3.43. The predicted molar refractivity (Wildman–Crippen MR) is 72.1 cm³/mol. The molecule has 0 spiro atoms.